The van der Waals surface area contributed by atoms with E-state index in [1.54, 1.807) is 0 Å². The number of rotatable bonds is 6. The Morgan fingerprint density at radius 3 is 1.50 bits per heavy atom. The molecule has 118 valence electrons. The van der Waals surface area contributed by atoms with E-state index in [2.05, 4.69) is 66.0 Å². The molecule has 1 heterocycles. The summed E-state index contributed by atoms with van der Waals surface area (Å²) in [5.74, 6) is 0. The summed E-state index contributed by atoms with van der Waals surface area (Å²) in [6.45, 7) is 0. The quantitative estimate of drug-likeness (QED) is 0.849. The Kier molecular flexibility index (Phi) is 6.95. The molecular formula is C20H25ClN-. The number of aryl methyl sites for hydroxylation is 2. The fourth-order valence-electron chi connectivity index (χ4n) is 3.33. The van der Waals surface area contributed by atoms with Crippen molar-refractivity contribution in [2.75, 3.05) is 0 Å². The zero-order valence-electron chi connectivity index (χ0n) is 13.0. The summed E-state index contributed by atoms with van der Waals surface area (Å²) in [7, 11) is 0. The van der Waals surface area contributed by atoms with E-state index in [0.717, 1.165) is 0 Å². The van der Waals surface area contributed by atoms with E-state index in [1.807, 2.05) is 0 Å². The minimum absolute atomic E-state index is 0. The second-order valence-corrected chi connectivity index (χ2v) is 6.19. The van der Waals surface area contributed by atoms with Crippen LogP contribution in [-0.4, -0.2) is 12.1 Å². The van der Waals surface area contributed by atoms with Gasteiger partial charge in [-0.3, -0.25) is 0 Å². The Hall–Kier alpha value is -1.31. The Bertz CT molecular complexity index is 476. The molecule has 0 amide bonds. The second-order valence-electron chi connectivity index (χ2n) is 6.19. The van der Waals surface area contributed by atoms with Crippen molar-refractivity contribution in [3.05, 3.63) is 71.8 Å². The molecule has 1 saturated heterocycles. The predicted molar refractivity (Wildman–Crippen MR) is 89.5 cm³/mol. The number of hydrogen-bond acceptors (Lipinski definition) is 1. The van der Waals surface area contributed by atoms with E-state index < -0.39 is 0 Å². The second kappa shape index (κ2) is 8.97. The maximum Gasteiger partial charge on any atom is 0.00734 e. The third-order valence-electron chi connectivity index (χ3n) is 4.58. The molecule has 1 N–H and O–H groups in total. The van der Waals surface area contributed by atoms with Crippen molar-refractivity contribution >= 4 is 0 Å². The molecule has 0 saturated carbocycles. The van der Waals surface area contributed by atoms with Crippen LogP contribution < -0.4 is 17.7 Å². The minimum atomic E-state index is 0. The van der Waals surface area contributed by atoms with Gasteiger partial charge in [0.15, 0.2) is 0 Å². The maximum atomic E-state index is 3.83. The molecule has 0 aromatic heterocycles. The topological polar surface area (TPSA) is 12.0 Å². The van der Waals surface area contributed by atoms with Gasteiger partial charge in [-0.15, -0.1) is 0 Å². The monoisotopic (exact) mass is 314 g/mol. The summed E-state index contributed by atoms with van der Waals surface area (Å²) < 4.78 is 0. The highest BCUT2D eigenvalue weighted by molar-refractivity contribution is 5.16. The molecular weight excluding hydrogens is 290 g/mol. The van der Waals surface area contributed by atoms with Crippen molar-refractivity contribution in [2.45, 2.75) is 50.6 Å². The number of benzene rings is 2. The van der Waals surface area contributed by atoms with Crippen LogP contribution in [0.4, 0.5) is 0 Å². The Morgan fingerprint density at radius 1 is 0.682 bits per heavy atom. The molecule has 2 aromatic rings. The first-order chi connectivity index (χ1) is 10.4. The first kappa shape index (κ1) is 17.1. The molecule has 0 spiro atoms. The highest BCUT2D eigenvalue weighted by atomic mass is 35.5. The Labute approximate surface area is 140 Å². The van der Waals surface area contributed by atoms with E-state index in [0.29, 0.717) is 12.1 Å². The normalized spacial score (nSPS) is 20.5. The highest BCUT2D eigenvalue weighted by Crippen LogP contribution is 2.20. The van der Waals surface area contributed by atoms with Gasteiger partial charge in [-0.1, -0.05) is 60.7 Å². The molecule has 22 heavy (non-hydrogen) atoms. The third kappa shape index (κ3) is 5.15. The third-order valence-corrected chi connectivity index (χ3v) is 4.58. The van der Waals surface area contributed by atoms with Gasteiger partial charge < -0.3 is 17.7 Å². The molecule has 0 radical (unpaired) electrons. The van der Waals surface area contributed by atoms with Crippen LogP contribution in [-0.2, 0) is 12.8 Å². The number of hydrogen-bond donors (Lipinski definition) is 1. The molecule has 2 atom stereocenters. The summed E-state index contributed by atoms with van der Waals surface area (Å²) in [5, 5.41) is 3.83. The molecule has 0 bridgehead atoms. The van der Waals surface area contributed by atoms with Gasteiger partial charge in [-0.25, -0.2) is 0 Å². The minimum Gasteiger partial charge on any atom is -1.00 e. The molecule has 1 aliphatic heterocycles. The van der Waals surface area contributed by atoms with E-state index in [9.17, 15) is 0 Å². The van der Waals surface area contributed by atoms with Crippen molar-refractivity contribution in [1.29, 1.82) is 0 Å². The average molecular weight is 315 g/mol. The summed E-state index contributed by atoms with van der Waals surface area (Å²) in [4.78, 5) is 0. The van der Waals surface area contributed by atoms with Crippen LogP contribution in [0.2, 0.25) is 0 Å². The first-order valence-corrected chi connectivity index (χ1v) is 8.24. The van der Waals surface area contributed by atoms with E-state index >= 15 is 0 Å². The van der Waals surface area contributed by atoms with Gasteiger partial charge in [0.25, 0.3) is 0 Å². The summed E-state index contributed by atoms with van der Waals surface area (Å²) >= 11 is 0. The first-order valence-electron chi connectivity index (χ1n) is 8.24. The van der Waals surface area contributed by atoms with Gasteiger partial charge in [0, 0.05) is 12.1 Å². The van der Waals surface area contributed by atoms with Gasteiger partial charge in [0.2, 0.25) is 0 Å². The molecule has 2 unspecified atom stereocenters. The molecule has 1 aliphatic rings. The lowest BCUT2D eigenvalue weighted by Crippen LogP contribution is -3.00. The van der Waals surface area contributed by atoms with Crippen LogP contribution in [0.1, 0.15) is 36.8 Å². The van der Waals surface area contributed by atoms with Gasteiger partial charge in [0.1, 0.15) is 0 Å². The van der Waals surface area contributed by atoms with E-state index in [4.69, 9.17) is 0 Å². The molecule has 2 aromatic carbocycles. The zero-order valence-corrected chi connectivity index (χ0v) is 13.8. The van der Waals surface area contributed by atoms with Crippen LogP contribution in [0.25, 0.3) is 0 Å². The Balaban J connectivity index is 0.00000176. The van der Waals surface area contributed by atoms with E-state index in [1.165, 1.54) is 49.7 Å². The number of halogens is 1. The van der Waals surface area contributed by atoms with Crippen molar-refractivity contribution in [1.82, 2.24) is 5.32 Å². The van der Waals surface area contributed by atoms with E-state index in [-0.39, 0.29) is 12.4 Å². The smallest absolute Gasteiger partial charge is 0.00734 e. The van der Waals surface area contributed by atoms with Crippen molar-refractivity contribution < 1.29 is 12.4 Å². The van der Waals surface area contributed by atoms with Crippen LogP contribution >= 0.6 is 0 Å². The van der Waals surface area contributed by atoms with Gasteiger partial charge in [-0.2, -0.15) is 0 Å². The molecule has 1 fully saturated rings. The van der Waals surface area contributed by atoms with Gasteiger partial charge >= 0.3 is 0 Å². The van der Waals surface area contributed by atoms with Gasteiger partial charge in [0.05, 0.1) is 0 Å². The van der Waals surface area contributed by atoms with Crippen molar-refractivity contribution in [3.63, 3.8) is 0 Å². The molecule has 1 nitrogen and oxygen atoms in total. The van der Waals surface area contributed by atoms with Crippen LogP contribution in [0.5, 0.6) is 0 Å². The SMILES string of the molecule is [Cl-].c1ccc(CCC2CCC(CCc3ccccc3)N2)cc1. The standard InChI is InChI=1S/C20H25N.ClH/c1-3-7-17(8-4-1)11-13-19-15-16-20(21-19)14-12-18-9-5-2-6-10-18;/h1-10,19-21H,11-16H2;1H/p-1. The largest absolute Gasteiger partial charge is 1.00 e. The predicted octanol–water partition coefficient (Wildman–Crippen LogP) is 1.38. The maximum absolute atomic E-state index is 3.83. The fraction of sp³-hybridized carbons (Fsp3) is 0.400. The summed E-state index contributed by atoms with van der Waals surface area (Å²) in [6, 6.07) is 23.1. The highest BCUT2D eigenvalue weighted by Gasteiger charge is 2.22. The summed E-state index contributed by atoms with van der Waals surface area (Å²) in [5.41, 5.74) is 2.93. The molecule has 0 aliphatic carbocycles. The van der Waals surface area contributed by atoms with Crippen molar-refractivity contribution in [3.8, 4) is 0 Å². The van der Waals surface area contributed by atoms with Gasteiger partial charge in [-0.05, 0) is 49.7 Å². The van der Waals surface area contributed by atoms with Crippen LogP contribution in [0.15, 0.2) is 60.7 Å². The molecule has 2 heteroatoms. The lowest BCUT2D eigenvalue weighted by Gasteiger charge is -2.14. The Morgan fingerprint density at radius 2 is 1.09 bits per heavy atom. The zero-order chi connectivity index (χ0) is 14.3. The van der Waals surface area contributed by atoms with Crippen LogP contribution in [0.3, 0.4) is 0 Å². The number of nitrogens with one attached hydrogen (secondary N) is 1. The summed E-state index contributed by atoms with van der Waals surface area (Å²) in [6.07, 6.45) is 7.62. The molecule has 3 rings (SSSR count). The van der Waals surface area contributed by atoms with Crippen LogP contribution in [0, 0.1) is 0 Å². The fourth-order valence-corrected chi connectivity index (χ4v) is 3.33. The lowest BCUT2D eigenvalue weighted by molar-refractivity contribution is -0.00000441. The lowest BCUT2D eigenvalue weighted by atomic mass is 10.0. The van der Waals surface area contributed by atoms with Crippen molar-refractivity contribution in [2.24, 2.45) is 0 Å². The average Bonchev–Trinajstić information content (AvgIpc) is 3.01.